The second kappa shape index (κ2) is 5.03. The number of hydrogen-bond donors (Lipinski definition) is 1. The van der Waals surface area contributed by atoms with E-state index in [1.54, 1.807) is 30.6 Å². The molecule has 0 atom stereocenters. The van der Waals surface area contributed by atoms with Crippen molar-refractivity contribution in [2.24, 2.45) is 0 Å². The molecule has 2 rings (SSSR count). The van der Waals surface area contributed by atoms with Crippen LogP contribution >= 0.6 is 15.9 Å². The third-order valence-electron chi connectivity index (χ3n) is 1.98. The minimum Gasteiger partial charge on any atom is -0.375 e. The molecular weight excluding hydrogens is 273 g/mol. The van der Waals surface area contributed by atoms with Crippen molar-refractivity contribution in [3.63, 3.8) is 0 Å². The van der Waals surface area contributed by atoms with Crippen LogP contribution in [0, 0.1) is 5.82 Å². The van der Waals surface area contributed by atoms with Crippen LogP contribution in [-0.2, 0) is 6.54 Å². The van der Waals surface area contributed by atoms with Gasteiger partial charge in [-0.1, -0.05) is 15.9 Å². The van der Waals surface area contributed by atoms with Crippen LogP contribution in [0.3, 0.4) is 0 Å². The lowest BCUT2D eigenvalue weighted by molar-refractivity contribution is 0.629. The van der Waals surface area contributed by atoms with Crippen LogP contribution in [0.5, 0.6) is 0 Å². The first-order chi connectivity index (χ1) is 7.75. The maximum Gasteiger partial charge on any atom is 0.147 e. The van der Waals surface area contributed by atoms with E-state index in [2.05, 4.69) is 31.2 Å². The minimum atomic E-state index is -0.292. The minimum absolute atomic E-state index is 0.292. The summed E-state index contributed by atoms with van der Waals surface area (Å²) in [6.45, 7) is 0.397. The van der Waals surface area contributed by atoms with Gasteiger partial charge >= 0.3 is 0 Å². The Hall–Kier alpha value is -1.49. The summed E-state index contributed by atoms with van der Waals surface area (Å²) in [4.78, 5) is 8.08. The van der Waals surface area contributed by atoms with Gasteiger partial charge in [0.1, 0.15) is 11.6 Å². The molecule has 0 bridgehead atoms. The van der Waals surface area contributed by atoms with E-state index < -0.39 is 0 Å². The highest BCUT2D eigenvalue weighted by Gasteiger charge is 2.02. The first kappa shape index (κ1) is 11.0. The Labute approximate surface area is 101 Å². The lowest BCUT2D eigenvalue weighted by Gasteiger charge is -2.06. The summed E-state index contributed by atoms with van der Waals surface area (Å²) in [6.07, 6.45) is 3.31. The highest BCUT2D eigenvalue weighted by atomic mass is 79.9. The number of benzene rings is 1. The van der Waals surface area contributed by atoms with Gasteiger partial charge in [-0.2, -0.15) is 0 Å². The Morgan fingerprint density at radius 3 is 2.75 bits per heavy atom. The van der Waals surface area contributed by atoms with Crippen molar-refractivity contribution >= 4 is 21.6 Å². The summed E-state index contributed by atoms with van der Waals surface area (Å²) in [5.41, 5.74) is 0.432. The van der Waals surface area contributed by atoms with Crippen molar-refractivity contribution in [3.05, 3.63) is 52.8 Å². The van der Waals surface area contributed by atoms with Crippen molar-refractivity contribution < 1.29 is 4.39 Å². The summed E-state index contributed by atoms with van der Waals surface area (Å²) in [5, 5.41) is 2.94. The molecule has 3 nitrogen and oxygen atoms in total. The van der Waals surface area contributed by atoms with Crippen LogP contribution in [0.15, 0.2) is 41.1 Å². The third-order valence-corrected chi connectivity index (χ3v) is 2.48. The number of nitrogens with zero attached hydrogens (tertiary/aromatic N) is 2. The predicted molar refractivity (Wildman–Crippen MR) is 63.5 cm³/mol. The van der Waals surface area contributed by atoms with Gasteiger partial charge < -0.3 is 5.32 Å². The molecular formula is C11H9BrFN3. The predicted octanol–water partition coefficient (Wildman–Crippen LogP) is 2.99. The molecule has 5 heteroatoms. The molecule has 0 aliphatic rings. The van der Waals surface area contributed by atoms with Crippen molar-refractivity contribution in [2.45, 2.75) is 6.54 Å². The Bertz CT molecular complexity index is 476. The molecule has 0 aliphatic carbocycles. The standard InChI is InChI=1S/C11H9BrFN3/c12-8-2-3-9(13)10(6-8)16-7-11-14-4-1-5-15-11/h1-6,16H,7H2. The molecule has 1 N–H and O–H groups in total. The van der Waals surface area contributed by atoms with E-state index in [-0.39, 0.29) is 5.82 Å². The van der Waals surface area contributed by atoms with Gasteiger partial charge in [0.25, 0.3) is 0 Å². The SMILES string of the molecule is Fc1ccc(Br)cc1NCc1ncccn1. The van der Waals surface area contributed by atoms with Gasteiger partial charge in [-0.25, -0.2) is 14.4 Å². The normalized spacial score (nSPS) is 10.1. The van der Waals surface area contributed by atoms with E-state index >= 15 is 0 Å². The van der Waals surface area contributed by atoms with Crippen molar-refractivity contribution in [1.29, 1.82) is 0 Å². The largest absolute Gasteiger partial charge is 0.375 e. The molecule has 0 aliphatic heterocycles. The Morgan fingerprint density at radius 1 is 1.25 bits per heavy atom. The quantitative estimate of drug-likeness (QED) is 0.940. The summed E-state index contributed by atoms with van der Waals surface area (Å²) < 4.78 is 14.2. The highest BCUT2D eigenvalue weighted by Crippen LogP contribution is 2.20. The number of aromatic nitrogens is 2. The maximum atomic E-state index is 13.3. The fraction of sp³-hybridized carbons (Fsp3) is 0.0909. The van der Waals surface area contributed by atoms with E-state index in [1.165, 1.54) is 6.07 Å². The first-order valence-corrected chi connectivity index (χ1v) is 5.50. The summed E-state index contributed by atoms with van der Waals surface area (Å²) in [7, 11) is 0. The highest BCUT2D eigenvalue weighted by molar-refractivity contribution is 9.10. The average molecular weight is 282 g/mol. The van der Waals surface area contributed by atoms with E-state index in [1.807, 2.05) is 0 Å². The second-order valence-corrected chi connectivity index (χ2v) is 4.06. The molecule has 82 valence electrons. The molecule has 0 saturated heterocycles. The van der Waals surface area contributed by atoms with Crippen LogP contribution in [-0.4, -0.2) is 9.97 Å². The van der Waals surface area contributed by atoms with Crippen LogP contribution in [0.25, 0.3) is 0 Å². The summed E-state index contributed by atoms with van der Waals surface area (Å²) in [5.74, 6) is 0.334. The van der Waals surface area contributed by atoms with Gasteiger partial charge in [-0.3, -0.25) is 0 Å². The first-order valence-electron chi connectivity index (χ1n) is 4.70. The van der Waals surface area contributed by atoms with Crippen molar-refractivity contribution in [3.8, 4) is 0 Å². The van der Waals surface area contributed by atoms with Gasteiger partial charge in [0.05, 0.1) is 12.2 Å². The molecule has 0 amide bonds. The van der Waals surface area contributed by atoms with Crippen molar-refractivity contribution in [1.82, 2.24) is 9.97 Å². The lowest BCUT2D eigenvalue weighted by atomic mass is 10.3. The molecule has 0 radical (unpaired) electrons. The van der Waals surface area contributed by atoms with Gasteiger partial charge in [0, 0.05) is 16.9 Å². The van der Waals surface area contributed by atoms with E-state index in [4.69, 9.17) is 0 Å². The number of rotatable bonds is 3. The zero-order valence-electron chi connectivity index (χ0n) is 8.32. The Balaban J connectivity index is 2.08. The lowest BCUT2D eigenvalue weighted by Crippen LogP contribution is -2.04. The van der Waals surface area contributed by atoms with E-state index in [9.17, 15) is 4.39 Å². The molecule has 2 aromatic rings. The van der Waals surface area contributed by atoms with Crippen LogP contribution in [0.1, 0.15) is 5.82 Å². The molecule has 1 aromatic carbocycles. The van der Waals surface area contributed by atoms with Gasteiger partial charge in [0.15, 0.2) is 0 Å². The van der Waals surface area contributed by atoms with Gasteiger partial charge in [-0.05, 0) is 24.3 Å². The fourth-order valence-corrected chi connectivity index (χ4v) is 1.59. The Kier molecular flexibility index (Phi) is 3.46. The summed E-state index contributed by atoms with van der Waals surface area (Å²) >= 11 is 3.28. The Morgan fingerprint density at radius 2 is 2.00 bits per heavy atom. The molecule has 0 unspecified atom stereocenters. The molecule has 1 aromatic heterocycles. The van der Waals surface area contributed by atoms with Crippen LogP contribution in [0.4, 0.5) is 10.1 Å². The monoisotopic (exact) mass is 281 g/mol. The van der Waals surface area contributed by atoms with Crippen LogP contribution in [0.2, 0.25) is 0 Å². The number of anilines is 1. The van der Waals surface area contributed by atoms with Crippen LogP contribution < -0.4 is 5.32 Å². The topological polar surface area (TPSA) is 37.8 Å². The van der Waals surface area contributed by atoms with E-state index in [0.717, 1.165) is 4.47 Å². The molecule has 16 heavy (non-hydrogen) atoms. The fourth-order valence-electron chi connectivity index (χ4n) is 1.23. The van der Waals surface area contributed by atoms with E-state index in [0.29, 0.717) is 18.1 Å². The smallest absolute Gasteiger partial charge is 0.147 e. The zero-order valence-corrected chi connectivity index (χ0v) is 9.91. The number of halogens is 2. The molecule has 1 heterocycles. The third kappa shape index (κ3) is 2.76. The molecule has 0 saturated carbocycles. The summed E-state index contributed by atoms with van der Waals surface area (Å²) in [6, 6.07) is 6.47. The van der Waals surface area contributed by atoms with Gasteiger partial charge in [-0.15, -0.1) is 0 Å². The molecule has 0 fully saturated rings. The van der Waals surface area contributed by atoms with Gasteiger partial charge in [0.2, 0.25) is 0 Å². The second-order valence-electron chi connectivity index (χ2n) is 3.14. The zero-order chi connectivity index (χ0) is 11.4. The number of nitrogens with one attached hydrogen (secondary N) is 1. The van der Waals surface area contributed by atoms with Crippen molar-refractivity contribution in [2.75, 3.05) is 5.32 Å². The molecule has 0 spiro atoms. The maximum absolute atomic E-state index is 13.3. The average Bonchev–Trinajstić information content (AvgIpc) is 2.32. The number of hydrogen-bond acceptors (Lipinski definition) is 3.